The van der Waals surface area contributed by atoms with Gasteiger partial charge in [0.1, 0.15) is 13.7 Å². The van der Waals surface area contributed by atoms with Crippen molar-refractivity contribution < 1.29 is 19.2 Å². The Hall–Kier alpha value is -3.15. The molecule has 0 aliphatic carbocycles. The van der Waals surface area contributed by atoms with E-state index in [2.05, 4.69) is 36.3 Å². The normalized spacial score (nSPS) is 11.9. The van der Waals surface area contributed by atoms with E-state index in [1.165, 1.54) is 25.3 Å². The van der Waals surface area contributed by atoms with Crippen LogP contribution < -0.4 is 0 Å². The summed E-state index contributed by atoms with van der Waals surface area (Å²) in [6.07, 6.45) is 0. The summed E-state index contributed by atoms with van der Waals surface area (Å²) in [5, 5.41) is 8.07. The van der Waals surface area contributed by atoms with E-state index in [0.717, 1.165) is 22.4 Å². The lowest BCUT2D eigenvalue weighted by atomic mass is 9.99. The highest BCUT2D eigenvalue weighted by Crippen LogP contribution is 2.18. The minimum Gasteiger partial charge on any atom is -0.464 e. The first-order valence-corrected chi connectivity index (χ1v) is 8.91. The van der Waals surface area contributed by atoms with Crippen LogP contribution in [0.25, 0.3) is 0 Å². The van der Waals surface area contributed by atoms with E-state index in [4.69, 9.17) is 14.4 Å². The van der Waals surface area contributed by atoms with E-state index in [0.29, 0.717) is 5.56 Å². The number of carbonyl (C=O) groups is 1. The zero-order chi connectivity index (χ0) is 20.7. The predicted molar refractivity (Wildman–Crippen MR) is 110 cm³/mol. The van der Waals surface area contributed by atoms with Gasteiger partial charge in [-0.2, -0.15) is 0 Å². The Labute approximate surface area is 165 Å². The number of rotatable bonds is 7. The molecule has 28 heavy (non-hydrogen) atoms. The van der Waals surface area contributed by atoms with Gasteiger partial charge in [0, 0.05) is 11.1 Å². The van der Waals surface area contributed by atoms with Gasteiger partial charge in [-0.25, -0.2) is 4.79 Å². The van der Waals surface area contributed by atoms with Gasteiger partial charge >= 0.3 is 5.97 Å². The first-order valence-electron chi connectivity index (χ1n) is 8.91. The van der Waals surface area contributed by atoms with Gasteiger partial charge in [0.15, 0.2) is 5.71 Å². The summed E-state index contributed by atoms with van der Waals surface area (Å²) in [5.41, 5.74) is 6.63. The van der Waals surface area contributed by atoms with Crippen molar-refractivity contribution in [2.45, 2.75) is 34.3 Å². The standard InChI is InChI=1S/C22H26N2O4/c1-14-10-11-18(12-16(14)3)17(4)23-28-13-20-15(2)8-7-9-19(20)21(24-27-6)22(25)26-5/h7-12H,13H2,1-6H3/b23-17+,24-21+. The molecule has 0 aliphatic heterocycles. The molecular weight excluding hydrogens is 356 g/mol. The molecule has 0 heterocycles. The van der Waals surface area contributed by atoms with Gasteiger partial charge in [-0.3, -0.25) is 0 Å². The van der Waals surface area contributed by atoms with Gasteiger partial charge < -0.3 is 14.4 Å². The Kier molecular flexibility index (Phi) is 7.32. The predicted octanol–water partition coefficient (Wildman–Crippen LogP) is 4.08. The molecule has 0 bridgehead atoms. The second-order valence-corrected chi connectivity index (χ2v) is 6.46. The SMILES string of the molecule is CO/N=C(/C(=O)OC)c1cccc(C)c1CO/N=C(\C)c1ccc(C)c(C)c1. The van der Waals surface area contributed by atoms with Crippen molar-refractivity contribution >= 4 is 17.4 Å². The minimum atomic E-state index is -0.580. The van der Waals surface area contributed by atoms with Gasteiger partial charge in [-0.15, -0.1) is 0 Å². The second kappa shape index (κ2) is 9.69. The van der Waals surface area contributed by atoms with Crippen LogP contribution in [0.2, 0.25) is 0 Å². The number of nitrogens with zero attached hydrogens (tertiary/aromatic N) is 2. The zero-order valence-electron chi connectivity index (χ0n) is 17.2. The molecule has 0 aromatic heterocycles. The molecule has 0 saturated carbocycles. The van der Waals surface area contributed by atoms with Crippen molar-refractivity contribution in [1.29, 1.82) is 0 Å². The quantitative estimate of drug-likeness (QED) is 0.411. The van der Waals surface area contributed by atoms with Crippen molar-refractivity contribution in [2.24, 2.45) is 10.3 Å². The molecule has 2 rings (SSSR count). The molecule has 2 aromatic carbocycles. The summed E-state index contributed by atoms with van der Waals surface area (Å²) in [6.45, 7) is 8.15. The monoisotopic (exact) mass is 382 g/mol. The van der Waals surface area contributed by atoms with Crippen LogP contribution in [0.15, 0.2) is 46.7 Å². The summed E-state index contributed by atoms with van der Waals surface area (Å²) in [5.74, 6) is -0.580. The molecule has 0 aliphatic rings. The third-order valence-corrected chi connectivity index (χ3v) is 4.56. The van der Waals surface area contributed by atoms with Crippen LogP contribution in [0.5, 0.6) is 0 Å². The van der Waals surface area contributed by atoms with Crippen LogP contribution in [0, 0.1) is 20.8 Å². The van der Waals surface area contributed by atoms with Crippen molar-refractivity contribution in [3.63, 3.8) is 0 Å². The Morgan fingerprint density at radius 1 is 0.964 bits per heavy atom. The highest BCUT2D eigenvalue weighted by molar-refractivity contribution is 6.43. The number of methoxy groups -OCH3 is 1. The zero-order valence-corrected chi connectivity index (χ0v) is 17.2. The lowest BCUT2D eigenvalue weighted by Gasteiger charge is -2.12. The highest BCUT2D eigenvalue weighted by atomic mass is 16.6. The number of aryl methyl sites for hydroxylation is 3. The molecule has 0 N–H and O–H groups in total. The van der Waals surface area contributed by atoms with E-state index in [1.54, 1.807) is 6.07 Å². The van der Waals surface area contributed by atoms with Gasteiger partial charge in [0.2, 0.25) is 0 Å². The second-order valence-electron chi connectivity index (χ2n) is 6.46. The first kappa shape index (κ1) is 21.2. The molecule has 0 amide bonds. The van der Waals surface area contributed by atoms with Crippen LogP contribution in [0.1, 0.15) is 40.3 Å². The lowest BCUT2D eigenvalue weighted by Crippen LogP contribution is -2.20. The lowest BCUT2D eigenvalue weighted by molar-refractivity contribution is -0.132. The Morgan fingerprint density at radius 2 is 1.71 bits per heavy atom. The van der Waals surface area contributed by atoms with Crippen molar-refractivity contribution in [1.82, 2.24) is 0 Å². The molecule has 148 valence electrons. The van der Waals surface area contributed by atoms with Gasteiger partial charge in [0.25, 0.3) is 0 Å². The number of carbonyl (C=O) groups excluding carboxylic acids is 1. The van der Waals surface area contributed by atoms with Crippen molar-refractivity contribution in [2.75, 3.05) is 14.2 Å². The molecule has 6 heteroatoms. The summed E-state index contributed by atoms with van der Waals surface area (Å²) in [6, 6.07) is 11.7. The van der Waals surface area contributed by atoms with Gasteiger partial charge in [-0.05, 0) is 56.0 Å². The molecule has 0 fully saturated rings. The number of oxime groups is 2. The van der Waals surface area contributed by atoms with Crippen LogP contribution in [0.4, 0.5) is 0 Å². The fourth-order valence-corrected chi connectivity index (χ4v) is 2.71. The Balaban J connectivity index is 2.27. The Morgan fingerprint density at radius 3 is 2.36 bits per heavy atom. The van der Waals surface area contributed by atoms with Crippen LogP contribution in [-0.2, 0) is 25.8 Å². The molecule has 0 saturated heterocycles. The highest BCUT2D eigenvalue weighted by Gasteiger charge is 2.20. The van der Waals surface area contributed by atoms with Crippen LogP contribution >= 0.6 is 0 Å². The first-order chi connectivity index (χ1) is 13.4. The maximum atomic E-state index is 12.1. The smallest absolute Gasteiger partial charge is 0.360 e. The average Bonchev–Trinajstić information content (AvgIpc) is 2.68. The number of hydrogen-bond acceptors (Lipinski definition) is 6. The molecule has 0 radical (unpaired) electrons. The van der Waals surface area contributed by atoms with E-state index in [-0.39, 0.29) is 12.3 Å². The minimum absolute atomic E-state index is 0.0853. The van der Waals surface area contributed by atoms with Gasteiger partial charge in [0.05, 0.1) is 12.8 Å². The number of esters is 1. The largest absolute Gasteiger partial charge is 0.464 e. The van der Waals surface area contributed by atoms with Crippen molar-refractivity contribution in [3.8, 4) is 0 Å². The number of benzene rings is 2. The van der Waals surface area contributed by atoms with E-state index in [9.17, 15) is 4.79 Å². The van der Waals surface area contributed by atoms with Gasteiger partial charge in [-0.1, -0.05) is 40.6 Å². The summed E-state index contributed by atoms with van der Waals surface area (Å²) in [7, 11) is 2.68. The van der Waals surface area contributed by atoms with E-state index < -0.39 is 5.97 Å². The number of hydrogen-bond donors (Lipinski definition) is 0. The molecule has 6 nitrogen and oxygen atoms in total. The average molecular weight is 382 g/mol. The maximum Gasteiger partial charge on any atom is 0.360 e. The molecular formula is C22H26N2O4. The summed E-state index contributed by atoms with van der Waals surface area (Å²) < 4.78 is 4.82. The van der Waals surface area contributed by atoms with Crippen LogP contribution in [0.3, 0.4) is 0 Å². The Bertz CT molecular complexity index is 917. The topological polar surface area (TPSA) is 69.5 Å². The van der Waals surface area contributed by atoms with E-state index >= 15 is 0 Å². The molecule has 0 spiro atoms. The van der Waals surface area contributed by atoms with Crippen LogP contribution in [-0.4, -0.2) is 31.6 Å². The third kappa shape index (κ3) is 4.97. The molecule has 2 aromatic rings. The fraction of sp³-hybridized carbons (Fsp3) is 0.318. The van der Waals surface area contributed by atoms with Crippen molar-refractivity contribution in [3.05, 3.63) is 69.8 Å². The number of ether oxygens (including phenoxy) is 1. The summed E-state index contributed by atoms with van der Waals surface area (Å²) >= 11 is 0. The van der Waals surface area contributed by atoms with E-state index in [1.807, 2.05) is 32.0 Å². The summed E-state index contributed by atoms with van der Waals surface area (Å²) in [4.78, 5) is 22.5. The maximum absolute atomic E-state index is 12.1. The molecule has 0 unspecified atom stereocenters. The third-order valence-electron chi connectivity index (χ3n) is 4.56. The molecule has 0 atom stereocenters. The fourth-order valence-electron chi connectivity index (χ4n) is 2.71.